The largest absolute Gasteiger partial charge is 0.465 e. The van der Waals surface area contributed by atoms with E-state index in [0.717, 1.165) is 31.5 Å². The van der Waals surface area contributed by atoms with Crippen LogP contribution in [0.2, 0.25) is 0 Å². The van der Waals surface area contributed by atoms with Gasteiger partial charge in [-0.05, 0) is 37.8 Å². The van der Waals surface area contributed by atoms with Crippen molar-refractivity contribution in [2.75, 3.05) is 26.3 Å². The van der Waals surface area contributed by atoms with E-state index in [4.69, 9.17) is 4.74 Å². The van der Waals surface area contributed by atoms with E-state index in [2.05, 4.69) is 4.90 Å². The van der Waals surface area contributed by atoms with Gasteiger partial charge in [0, 0.05) is 13.2 Å². The monoisotopic (exact) mass is 277 g/mol. The number of hydrogen-bond donors (Lipinski definition) is 1. The molecule has 20 heavy (non-hydrogen) atoms. The SMILES string of the molecule is CCOC(=O)C(c1ccccc1)N1CCCC(CO)C1. The Morgan fingerprint density at radius 2 is 2.20 bits per heavy atom. The molecule has 4 heteroatoms. The maximum Gasteiger partial charge on any atom is 0.327 e. The van der Waals surface area contributed by atoms with E-state index in [0.29, 0.717) is 6.61 Å². The lowest BCUT2D eigenvalue weighted by molar-refractivity contribution is -0.150. The minimum atomic E-state index is -0.356. The van der Waals surface area contributed by atoms with Crippen LogP contribution in [-0.4, -0.2) is 42.3 Å². The van der Waals surface area contributed by atoms with E-state index in [1.165, 1.54) is 0 Å². The molecule has 110 valence electrons. The van der Waals surface area contributed by atoms with Crippen LogP contribution in [0, 0.1) is 5.92 Å². The van der Waals surface area contributed by atoms with Gasteiger partial charge in [-0.25, -0.2) is 4.79 Å². The molecule has 0 bridgehead atoms. The Morgan fingerprint density at radius 1 is 1.45 bits per heavy atom. The Balaban J connectivity index is 2.20. The molecule has 0 aromatic heterocycles. The molecule has 0 radical (unpaired) electrons. The zero-order valence-electron chi connectivity index (χ0n) is 12.0. The first kappa shape index (κ1) is 15.0. The summed E-state index contributed by atoms with van der Waals surface area (Å²) in [5, 5.41) is 9.36. The fourth-order valence-corrected chi connectivity index (χ4v) is 2.83. The number of hydrogen-bond acceptors (Lipinski definition) is 4. The molecule has 1 aliphatic heterocycles. The predicted molar refractivity (Wildman–Crippen MR) is 77.2 cm³/mol. The first-order valence-corrected chi connectivity index (χ1v) is 7.32. The fraction of sp³-hybridized carbons (Fsp3) is 0.562. The van der Waals surface area contributed by atoms with Crippen molar-refractivity contribution >= 4 is 5.97 Å². The fourth-order valence-electron chi connectivity index (χ4n) is 2.83. The van der Waals surface area contributed by atoms with Crippen LogP contribution in [0.1, 0.15) is 31.4 Å². The number of ether oxygens (including phenoxy) is 1. The van der Waals surface area contributed by atoms with Gasteiger partial charge in [-0.2, -0.15) is 0 Å². The summed E-state index contributed by atoms with van der Waals surface area (Å²) in [6.45, 7) is 4.01. The van der Waals surface area contributed by atoms with Gasteiger partial charge in [0.2, 0.25) is 0 Å². The molecule has 1 N–H and O–H groups in total. The van der Waals surface area contributed by atoms with Gasteiger partial charge in [-0.15, -0.1) is 0 Å². The van der Waals surface area contributed by atoms with Crippen molar-refractivity contribution in [3.8, 4) is 0 Å². The van der Waals surface area contributed by atoms with Crippen molar-refractivity contribution in [3.63, 3.8) is 0 Å². The summed E-state index contributed by atoms with van der Waals surface area (Å²) < 4.78 is 5.24. The Hall–Kier alpha value is -1.39. The van der Waals surface area contributed by atoms with E-state index in [-0.39, 0.29) is 24.5 Å². The molecule has 1 saturated heterocycles. The highest BCUT2D eigenvalue weighted by atomic mass is 16.5. The number of benzene rings is 1. The molecule has 0 spiro atoms. The molecule has 2 unspecified atom stereocenters. The molecule has 0 amide bonds. The standard InChI is InChI=1S/C16H23NO3/c1-2-20-16(19)15(14-8-4-3-5-9-14)17-10-6-7-13(11-17)12-18/h3-5,8-9,13,15,18H,2,6-7,10-12H2,1H3. The Labute approximate surface area is 120 Å². The lowest BCUT2D eigenvalue weighted by atomic mass is 9.95. The number of aliphatic hydroxyl groups excluding tert-OH is 1. The van der Waals surface area contributed by atoms with E-state index < -0.39 is 0 Å². The van der Waals surface area contributed by atoms with Crippen molar-refractivity contribution < 1.29 is 14.6 Å². The highest BCUT2D eigenvalue weighted by Crippen LogP contribution is 2.27. The van der Waals surface area contributed by atoms with Gasteiger partial charge in [0.05, 0.1) is 6.61 Å². The maximum absolute atomic E-state index is 12.3. The molecule has 1 aromatic rings. The smallest absolute Gasteiger partial charge is 0.327 e. The quantitative estimate of drug-likeness (QED) is 0.836. The van der Waals surface area contributed by atoms with Gasteiger partial charge < -0.3 is 9.84 Å². The lowest BCUT2D eigenvalue weighted by Crippen LogP contribution is -2.42. The molecule has 2 atom stereocenters. The molecule has 4 nitrogen and oxygen atoms in total. The van der Waals surface area contributed by atoms with Crippen molar-refractivity contribution in [1.29, 1.82) is 0 Å². The van der Waals surface area contributed by atoms with E-state index in [1.54, 1.807) is 0 Å². The van der Waals surface area contributed by atoms with Crippen LogP contribution in [0.15, 0.2) is 30.3 Å². The van der Waals surface area contributed by atoms with Gasteiger partial charge >= 0.3 is 5.97 Å². The average molecular weight is 277 g/mol. The van der Waals surface area contributed by atoms with Crippen LogP contribution in [0.5, 0.6) is 0 Å². The highest BCUT2D eigenvalue weighted by molar-refractivity contribution is 5.77. The summed E-state index contributed by atoms with van der Waals surface area (Å²) in [4.78, 5) is 14.4. The van der Waals surface area contributed by atoms with Crippen LogP contribution in [-0.2, 0) is 9.53 Å². The summed E-state index contributed by atoms with van der Waals surface area (Å²) in [7, 11) is 0. The van der Waals surface area contributed by atoms with Gasteiger partial charge in [0.25, 0.3) is 0 Å². The lowest BCUT2D eigenvalue weighted by Gasteiger charge is -2.36. The van der Waals surface area contributed by atoms with Gasteiger partial charge in [0.1, 0.15) is 6.04 Å². The zero-order valence-corrected chi connectivity index (χ0v) is 12.0. The van der Waals surface area contributed by atoms with Crippen LogP contribution in [0.25, 0.3) is 0 Å². The maximum atomic E-state index is 12.3. The highest BCUT2D eigenvalue weighted by Gasteiger charge is 2.32. The number of rotatable bonds is 5. The van der Waals surface area contributed by atoms with Gasteiger partial charge in [-0.3, -0.25) is 4.90 Å². The zero-order chi connectivity index (χ0) is 14.4. The van der Waals surface area contributed by atoms with Crippen LogP contribution >= 0.6 is 0 Å². The Kier molecular flexibility index (Phi) is 5.56. The van der Waals surface area contributed by atoms with Crippen molar-refractivity contribution in [2.45, 2.75) is 25.8 Å². The summed E-state index contributed by atoms with van der Waals surface area (Å²) in [5.74, 6) is 0.0571. The number of aliphatic hydroxyl groups is 1. The number of esters is 1. The number of piperidine rings is 1. The number of nitrogens with zero attached hydrogens (tertiary/aromatic N) is 1. The summed E-state index contributed by atoms with van der Waals surface area (Å²) in [5.41, 5.74) is 0.963. The average Bonchev–Trinajstić information content (AvgIpc) is 2.49. The second-order valence-electron chi connectivity index (χ2n) is 5.25. The number of carbonyl (C=O) groups excluding carboxylic acids is 1. The molecule has 1 heterocycles. The normalized spacial score (nSPS) is 21.4. The van der Waals surface area contributed by atoms with Crippen molar-refractivity contribution in [3.05, 3.63) is 35.9 Å². The van der Waals surface area contributed by atoms with Crippen LogP contribution in [0.4, 0.5) is 0 Å². The number of carbonyl (C=O) groups is 1. The minimum Gasteiger partial charge on any atom is -0.465 e. The van der Waals surface area contributed by atoms with Crippen molar-refractivity contribution in [1.82, 2.24) is 4.90 Å². The first-order chi connectivity index (χ1) is 9.76. The van der Waals surface area contributed by atoms with E-state index in [1.807, 2.05) is 37.3 Å². The second-order valence-corrected chi connectivity index (χ2v) is 5.25. The molecule has 1 aliphatic rings. The molecule has 1 fully saturated rings. The van der Waals surface area contributed by atoms with Crippen molar-refractivity contribution in [2.24, 2.45) is 5.92 Å². The second kappa shape index (κ2) is 7.41. The first-order valence-electron chi connectivity index (χ1n) is 7.32. The third kappa shape index (κ3) is 3.58. The van der Waals surface area contributed by atoms with Crippen LogP contribution < -0.4 is 0 Å². The number of likely N-dealkylation sites (tertiary alicyclic amines) is 1. The van der Waals surface area contributed by atoms with Crippen LogP contribution in [0.3, 0.4) is 0 Å². The van der Waals surface area contributed by atoms with Gasteiger partial charge in [0.15, 0.2) is 0 Å². The third-order valence-corrected chi connectivity index (χ3v) is 3.80. The van der Waals surface area contributed by atoms with Gasteiger partial charge in [-0.1, -0.05) is 30.3 Å². The molecular formula is C16H23NO3. The van der Waals surface area contributed by atoms with E-state index >= 15 is 0 Å². The topological polar surface area (TPSA) is 49.8 Å². The minimum absolute atomic E-state index is 0.181. The molecular weight excluding hydrogens is 254 g/mol. The summed E-state index contributed by atoms with van der Waals surface area (Å²) >= 11 is 0. The Bertz CT molecular complexity index is 421. The molecule has 2 rings (SSSR count). The third-order valence-electron chi connectivity index (χ3n) is 3.80. The summed E-state index contributed by atoms with van der Waals surface area (Å²) in [6, 6.07) is 9.39. The predicted octanol–water partition coefficient (Wildman–Crippen LogP) is 2.00. The Morgan fingerprint density at radius 3 is 2.85 bits per heavy atom. The molecule has 0 aliphatic carbocycles. The molecule has 1 aromatic carbocycles. The van der Waals surface area contributed by atoms with E-state index in [9.17, 15) is 9.90 Å². The summed E-state index contributed by atoms with van der Waals surface area (Å²) in [6.07, 6.45) is 2.03. The molecule has 0 saturated carbocycles.